The van der Waals surface area contributed by atoms with Crippen LogP contribution in [0.3, 0.4) is 0 Å². The van der Waals surface area contributed by atoms with E-state index in [2.05, 4.69) is 19.5 Å². The Labute approximate surface area is 97.1 Å². The van der Waals surface area contributed by atoms with Gasteiger partial charge < -0.3 is 9.82 Å². The third kappa shape index (κ3) is 2.31. The molecule has 0 bridgehead atoms. The van der Waals surface area contributed by atoms with Crippen LogP contribution in [0.5, 0.6) is 5.75 Å². The summed E-state index contributed by atoms with van der Waals surface area (Å²) in [5, 5.41) is 2.94. The van der Waals surface area contributed by atoms with Crippen molar-refractivity contribution in [2.45, 2.75) is 0 Å². The van der Waals surface area contributed by atoms with E-state index in [9.17, 15) is 0 Å². The monoisotopic (exact) mass is 232 g/mol. The molecule has 4 heteroatoms. The van der Waals surface area contributed by atoms with Crippen molar-refractivity contribution < 1.29 is 4.74 Å². The Kier molecular flexibility index (Phi) is 3.37. The normalized spacial score (nSPS) is 9.88. The molecule has 1 aromatic carbocycles. The van der Waals surface area contributed by atoms with Crippen molar-refractivity contribution in [3.63, 3.8) is 0 Å². The van der Waals surface area contributed by atoms with E-state index < -0.39 is 0 Å². The molecule has 0 spiro atoms. The number of benzene rings is 1. The topological polar surface area (TPSA) is 34.1 Å². The number of rotatable bonds is 3. The van der Waals surface area contributed by atoms with Gasteiger partial charge in [0.05, 0.1) is 12.8 Å². The predicted octanol–water partition coefficient (Wildman–Crippen LogP) is 2.96. The number of ether oxygens (including phenoxy) is 1. The number of pyridine rings is 1. The Morgan fingerprint density at radius 2 is 1.88 bits per heavy atom. The van der Waals surface area contributed by atoms with Gasteiger partial charge in [0.2, 0.25) is 0 Å². The Hall–Kier alpha value is -1.60. The van der Waals surface area contributed by atoms with Gasteiger partial charge in [-0.25, -0.2) is 4.98 Å². The lowest BCUT2D eigenvalue weighted by molar-refractivity contribution is 0.415. The zero-order chi connectivity index (χ0) is 11.4. The summed E-state index contributed by atoms with van der Waals surface area (Å²) in [7, 11) is 4.09. The average Bonchev–Trinajstić information content (AvgIpc) is 2.39. The van der Waals surface area contributed by atoms with Crippen molar-refractivity contribution in [1.82, 2.24) is 4.98 Å². The second-order valence-electron chi connectivity index (χ2n) is 3.28. The molecule has 2 rings (SSSR count). The van der Waals surface area contributed by atoms with Gasteiger partial charge in [0.1, 0.15) is 11.6 Å². The highest BCUT2D eigenvalue weighted by molar-refractivity contribution is 7.18. The molecule has 16 heavy (non-hydrogen) atoms. The molecule has 2 aromatic rings. The lowest BCUT2D eigenvalue weighted by atomic mass is 10.1. The first-order chi connectivity index (χ1) is 7.83. The lowest BCUT2D eigenvalue weighted by Crippen LogP contribution is -1.88. The van der Waals surface area contributed by atoms with Crippen LogP contribution in [-0.2, 0) is 0 Å². The second kappa shape index (κ2) is 4.95. The molecular formula is C12H13N2OP. The number of anilines is 1. The van der Waals surface area contributed by atoms with Gasteiger partial charge in [0.25, 0.3) is 0 Å². The van der Waals surface area contributed by atoms with E-state index in [1.54, 1.807) is 7.11 Å². The third-order valence-corrected chi connectivity index (χ3v) is 2.58. The van der Waals surface area contributed by atoms with E-state index >= 15 is 0 Å². The van der Waals surface area contributed by atoms with Crippen LogP contribution in [-0.4, -0.2) is 12.1 Å². The van der Waals surface area contributed by atoms with Crippen LogP contribution < -0.4 is 9.82 Å². The summed E-state index contributed by atoms with van der Waals surface area (Å²) in [6, 6.07) is 13.7. The molecule has 0 radical (unpaired) electrons. The summed E-state index contributed by atoms with van der Waals surface area (Å²) < 4.78 is 5.11. The zero-order valence-corrected chi connectivity index (χ0v) is 10.1. The molecule has 82 valence electrons. The highest BCUT2D eigenvalue weighted by Crippen LogP contribution is 2.21. The minimum atomic E-state index is 0.832. The van der Waals surface area contributed by atoms with E-state index in [1.165, 1.54) is 0 Å². The average molecular weight is 232 g/mol. The number of hydrogen-bond donors (Lipinski definition) is 1. The highest BCUT2D eigenvalue weighted by Gasteiger charge is 2.00. The third-order valence-electron chi connectivity index (χ3n) is 2.28. The van der Waals surface area contributed by atoms with Gasteiger partial charge in [-0.2, -0.15) is 0 Å². The molecule has 0 aliphatic heterocycles. The minimum Gasteiger partial charge on any atom is -0.497 e. The SMILES string of the molecule is COc1ccc(-c2cccc(NP)n2)cc1. The van der Waals surface area contributed by atoms with Gasteiger partial charge >= 0.3 is 0 Å². The number of nitrogens with zero attached hydrogens (tertiary/aromatic N) is 1. The van der Waals surface area contributed by atoms with Crippen LogP contribution >= 0.6 is 9.39 Å². The van der Waals surface area contributed by atoms with E-state index in [-0.39, 0.29) is 0 Å². The van der Waals surface area contributed by atoms with E-state index in [1.807, 2.05) is 42.5 Å². The smallest absolute Gasteiger partial charge is 0.129 e. The lowest BCUT2D eigenvalue weighted by Gasteiger charge is -2.05. The molecule has 3 nitrogen and oxygen atoms in total. The minimum absolute atomic E-state index is 0.832. The maximum Gasteiger partial charge on any atom is 0.129 e. The predicted molar refractivity (Wildman–Crippen MR) is 69.6 cm³/mol. The van der Waals surface area contributed by atoms with Crippen LogP contribution in [0.2, 0.25) is 0 Å². The van der Waals surface area contributed by atoms with Crippen LogP contribution in [0.15, 0.2) is 42.5 Å². The Balaban J connectivity index is 2.34. The standard InChI is InChI=1S/C12H13N2OP/c1-15-10-7-5-9(6-8-10)11-3-2-4-12(13-11)14-16/h2-8H,16H2,1H3,(H,13,14). The van der Waals surface area contributed by atoms with Gasteiger partial charge in [0, 0.05) is 5.56 Å². The van der Waals surface area contributed by atoms with Gasteiger partial charge in [-0.1, -0.05) is 6.07 Å². The summed E-state index contributed by atoms with van der Waals surface area (Å²) in [5.74, 6) is 1.68. The van der Waals surface area contributed by atoms with Gasteiger partial charge in [-0.3, -0.25) is 0 Å². The zero-order valence-electron chi connectivity index (χ0n) is 8.97. The molecule has 1 aromatic heterocycles. The maximum atomic E-state index is 5.11. The van der Waals surface area contributed by atoms with Crippen molar-refractivity contribution in [3.05, 3.63) is 42.5 Å². The quantitative estimate of drug-likeness (QED) is 0.826. The molecule has 0 saturated heterocycles. The molecule has 1 unspecified atom stereocenters. The molecule has 0 saturated carbocycles. The number of aromatic nitrogens is 1. The van der Waals surface area contributed by atoms with Gasteiger partial charge in [0.15, 0.2) is 0 Å². The Morgan fingerprint density at radius 3 is 2.50 bits per heavy atom. The van der Waals surface area contributed by atoms with Crippen molar-refractivity contribution in [1.29, 1.82) is 0 Å². The molecule has 0 amide bonds. The highest BCUT2D eigenvalue weighted by atomic mass is 31.0. The largest absolute Gasteiger partial charge is 0.497 e. The maximum absolute atomic E-state index is 5.11. The van der Waals surface area contributed by atoms with E-state index in [0.717, 1.165) is 22.8 Å². The summed E-state index contributed by atoms with van der Waals surface area (Å²) in [5.41, 5.74) is 2.01. The Morgan fingerprint density at radius 1 is 1.12 bits per heavy atom. The molecule has 0 aliphatic rings. The molecule has 0 fully saturated rings. The van der Waals surface area contributed by atoms with Crippen LogP contribution in [0.1, 0.15) is 0 Å². The van der Waals surface area contributed by atoms with Crippen LogP contribution in [0, 0.1) is 0 Å². The molecule has 1 heterocycles. The fourth-order valence-corrected chi connectivity index (χ4v) is 1.60. The summed E-state index contributed by atoms with van der Waals surface area (Å²) in [6.07, 6.45) is 0. The first-order valence-corrected chi connectivity index (χ1v) is 5.49. The van der Waals surface area contributed by atoms with E-state index in [4.69, 9.17) is 4.74 Å². The summed E-state index contributed by atoms with van der Waals surface area (Å²) in [4.78, 5) is 4.44. The van der Waals surface area contributed by atoms with Crippen LogP contribution in [0.4, 0.5) is 5.82 Å². The second-order valence-corrected chi connectivity index (χ2v) is 3.57. The van der Waals surface area contributed by atoms with Crippen molar-refractivity contribution in [2.24, 2.45) is 0 Å². The number of nitrogens with one attached hydrogen (secondary N) is 1. The molecule has 0 aliphatic carbocycles. The van der Waals surface area contributed by atoms with Crippen molar-refractivity contribution in [2.75, 3.05) is 12.2 Å². The van der Waals surface area contributed by atoms with E-state index in [0.29, 0.717) is 0 Å². The summed E-state index contributed by atoms with van der Waals surface area (Å²) in [6.45, 7) is 0. The van der Waals surface area contributed by atoms with Gasteiger partial charge in [-0.15, -0.1) is 0 Å². The summed E-state index contributed by atoms with van der Waals surface area (Å²) >= 11 is 0. The Bertz CT molecular complexity index is 471. The number of methoxy groups -OCH3 is 1. The first kappa shape index (κ1) is 10.9. The van der Waals surface area contributed by atoms with Crippen molar-refractivity contribution in [3.8, 4) is 17.0 Å². The molecule has 1 atom stereocenters. The first-order valence-electron chi connectivity index (χ1n) is 4.91. The molecule has 1 N–H and O–H groups in total. The number of hydrogen-bond acceptors (Lipinski definition) is 3. The fourth-order valence-electron chi connectivity index (χ4n) is 1.44. The van der Waals surface area contributed by atoms with Gasteiger partial charge in [-0.05, 0) is 45.8 Å². The van der Waals surface area contributed by atoms with Crippen molar-refractivity contribution >= 4 is 15.2 Å². The molecular weight excluding hydrogens is 219 g/mol. The fraction of sp³-hybridized carbons (Fsp3) is 0.0833. The van der Waals surface area contributed by atoms with Crippen LogP contribution in [0.25, 0.3) is 11.3 Å².